The summed E-state index contributed by atoms with van der Waals surface area (Å²) < 4.78 is 46.3. The van der Waals surface area contributed by atoms with Crippen LogP contribution in [0.15, 0.2) is 42.5 Å². The molecule has 2 saturated heterocycles. The van der Waals surface area contributed by atoms with Gasteiger partial charge in [0.1, 0.15) is 5.75 Å². The second kappa shape index (κ2) is 12.0. The summed E-state index contributed by atoms with van der Waals surface area (Å²) in [6, 6.07) is 12.5. The van der Waals surface area contributed by atoms with Crippen LogP contribution in [0.2, 0.25) is 0 Å². The van der Waals surface area contributed by atoms with Gasteiger partial charge in [0, 0.05) is 37.6 Å². The van der Waals surface area contributed by atoms with Gasteiger partial charge in [-0.15, -0.1) is 0 Å². The Hall–Kier alpha value is -2.54. The topological polar surface area (TPSA) is 32.8 Å². The summed E-state index contributed by atoms with van der Waals surface area (Å²) in [5.41, 5.74) is 2.56. The number of piperidine rings is 1. The van der Waals surface area contributed by atoms with Crippen LogP contribution in [0.4, 0.5) is 13.2 Å². The van der Waals surface area contributed by atoms with Crippen molar-refractivity contribution in [1.29, 1.82) is 0 Å². The summed E-state index contributed by atoms with van der Waals surface area (Å²) in [5.74, 6) is 1.38. The second-order valence-electron chi connectivity index (χ2n) is 13.3. The number of ether oxygens (including phenoxy) is 1. The van der Waals surface area contributed by atoms with Gasteiger partial charge in [-0.2, -0.15) is 13.2 Å². The van der Waals surface area contributed by atoms with E-state index < -0.39 is 11.7 Å². The van der Waals surface area contributed by atoms with Crippen molar-refractivity contribution in [2.75, 3.05) is 33.3 Å². The molecule has 1 amide bonds. The Labute approximate surface area is 243 Å². The first-order valence-electron chi connectivity index (χ1n) is 15.3. The van der Waals surface area contributed by atoms with E-state index in [-0.39, 0.29) is 35.1 Å². The van der Waals surface area contributed by atoms with Gasteiger partial charge in [-0.3, -0.25) is 9.69 Å². The summed E-state index contributed by atoms with van der Waals surface area (Å²) in [6.45, 7) is 9.45. The highest BCUT2D eigenvalue weighted by atomic mass is 19.4. The fourth-order valence-corrected chi connectivity index (χ4v) is 7.33. The summed E-state index contributed by atoms with van der Waals surface area (Å²) in [4.78, 5) is 18.5. The SMILES string of the molecule is COc1ccc([C@@H]2CN(C(C)(C)C)CC2C(=O)N2CCC(c3ccc(C(F)(F)F)cc3C3CCCCC3)CC2)cc1. The maximum atomic E-state index is 14.0. The lowest BCUT2D eigenvalue weighted by Gasteiger charge is -2.37. The largest absolute Gasteiger partial charge is 0.497 e. The van der Waals surface area contributed by atoms with Gasteiger partial charge in [0.25, 0.3) is 0 Å². The third-order valence-corrected chi connectivity index (χ3v) is 9.84. The van der Waals surface area contributed by atoms with E-state index in [1.54, 1.807) is 13.2 Å². The van der Waals surface area contributed by atoms with Gasteiger partial charge in [0.15, 0.2) is 0 Å². The molecule has 2 aliphatic heterocycles. The first-order valence-corrected chi connectivity index (χ1v) is 15.3. The third-order valence-electron chi connectivity index (χ3n) is 9.84. The zero-order chi connectivity index (χ0) is 29.4. The van der Waals surface area contributed by atoms with Crippen LogP contribution in [0, 0.1) is 5.92 Å². The molecule has 224 valence electrons. The maximum Gasteiger partial charge on any atom is 0.416 e. The van der Waals surface area contributed by atoms with E-state index >= 15 is 0 Å². The van der Waals surface area contributed by atoms with Crippen molar-refractivity contribution >= 4 is 5.91 Å². The average molecular weight is 571 g/mol. The van der Waals surface area contributed by atoms with Crippen LogP contribution in [-0.4, -0.2) is 54.5 Å². The van der Waals surface area contributed by atoms with E-state index in [1.165, 1.54) is 12.1 Å². The molecule has 0 spiro atoms. The minimum atomic E-state index is -4.33. The molecule has 0 N–H and O–H groups in total. The molecule has 0 radical (unpaired) electrons. The quantitative estimate of drug-likeness (QED) is 0.365. The second-order valence-corrected chi connectivity index (χ2v) is 13.3. The molecule has 1 saturated carbocycles. The highest BCUT2D eigenvalue weighted by molar-refractivity contribution is 5.81. The number of hydrogen-bond donors (Lipinski definition) is 0. The summed E-state index contributed by atoms with van der Waals surface area (Å²) in [7, 11) is 1.66. The Morgan fingerprint density at radius 2 is 1.46 bits per heavy atom. The number of carbonyl (C=O) groups excluding carboxylic acids is 1. The van der Waals surface area contributed by atoms with Crippen LogP contribution in [0.3, 0.4) is 0 Å². The van der Waals surface area contributed by atoms with Gasteiger partial charge in [-0.25, -0.2) is 0 Å². The average Bonchev–Trinajstić information content (AvgIpc) is 3.43. The smallest absolute Gasteiger partial charge is 0.416 e. The number of halogens is 3. The number of amides is 1. The van der Waals surface area contributed by atoms with E-state index in [2.05, 4.69) is 37.8 Å². The van der Waals surface area contributed by atoms with Crippen molar-refractivity contribution < 1.29 is 22.7 Å². The van der Waals surface area contributed by atoms with E-state index in [1.807, 2.05) is 17.0 Å². The van der Waals surface area contributed by atoms with E-state index in [0.717, 1.165) is 80.5 Å². The van der Waals surface area contributed by atoms with Gasteiger partial charge >= 0.3 is 6.18 Å². The van der Waals surface area contributed by atoms with Crippen molar-refractivity contribution in [3.63, 3.8) is 0 Å². The molecule has 1 unspecified atom stereocenters. The number of likely N-dealkylation sites (tertiary alicyclic amines) is 2. The molecule has 2 aromatic rings. The minimum Gasteiger partial charge on any atom is -0.497 e. The highest BCUT2D eigenvalue weighted by Gasteiger charge is 2.44. The molecule has 3 aliphatic rings. The Morgan fingerprint density at radius 1 is 0.829 bits per heavy atom. The summed E-state index contributed by atoms with van der Waals surface area (Å²) in [5, 5.41) is 0. The maximum absolute atomic E-state index is 14.0. The molecule has 1 aliphatic carbocycles. The Morgan fingerprint density at radius 3 is 2.05 bits per heavy atom. The molecule has 3 fully saturated rings. The molecular weight excluding hydrogens is 525 g/mol. The minimum absolute atomic E-state index is 0.0369. The van der Waals surface area contributed by atoms with Crippen LogP contribution in [0.1, 0.15) is 106 Å². The zero-order valence-corrected chi connectivity index (χ0v) is 25.0. The molecule has 0 bridgehead atoms. The molecule has 2 heterocycles. The highest BCUT2D eigenvalue weighted by Crippen LogP contribution is 2.43. The molecular formula is C34H45F3N2O2. The van der Waals surface area contributed by atoms with Gasteiger partial charge in [-0.1, -0.05) is 37.5 Å². The fourth-order valence-electron chi connectivity index (χ4n) is 7.33. The molecule has 2 atom stereocenters. The third kappa shape index (κ3) is 6.60. The monoisotopic (exact) mass is 570 g/mol. The lowest BCUT2D eigenvalue weighted by molar-refractivity contribution is -0.138. The molecule has 4 nitrogen and oxygen atoms in total. The lowest BCUT2D eigenvalue weighted by atomic mass is 9.76. The zero-order valence-electron chi connectivity index (χ0n) is 25.0. The van der Waals surface area contributed by atoms with Crippen molar-refractivity contribution in [3.05, 3.63) is 64.7 Å². The summed E-state index contributed by atoms with van der Waals surface area (Å²) in [6.07, 6.45) is 2.50. The first kappa shape index (κ1) is 29.9. The predicted octanol–water partition coefficient (Wildman–Crippen LogP) is 7.98. The van der Waals surface area contributed by atoms with Crippen LogP contribution in [0.25, 0.3) is 0 Å². The van der Waals surface area contributed by atoms with Crippen LogP contribution < -0.4 is 4.74 Å². The Kier molecular flexibility index (Phi) is 8.75. The molecule has 5 rings (SSSR count). The van der Waals surface area contributed by atoms with Crippen molar-refractivity contribution in [1.82, 2.24) is 9.80 Å². The number of carbonyl (C=O) groups is 1. The predicted molar refractivity (Wildman–Crippen MR) is 156 cm³/mol. The van der Waals surface area contributed by atoms with Crippen molar-refractivity contribution in [3.8, 4) is 5.75 Å². The molecule has 41 heavy (non-hydrogen) atoms. The molecule has 7 heteroatoms. The summed E-state index contributed by atoms with van der Waals surface area (Å²) >= 11 is 0. The first-order chi connectivity index (χ1) is 19.5. The van der Waals surface area contributed by atoms with Crippen LogP contribution in [0.5, 0.6) is 5.75 Å². The Bertz CT molecular complexity index is 1190. The molecule has 2 aromatic carbocycles. The van der Waals surface area contributed by atoms with Gasteiger partial charge in [-0.05, 0) is 99.2 Å². The number of rotatable bonds is 5. The normalized spacial score (nSPS) is 23.6. The van der Waals surface area contributed by atoms with Gasteiger partial charge in [0.2, 0.25) is 5.91 Å². The van der Waals surface area contributed by atoms with E-state index in [4.69, 9.17) is 4.74 Å². The number of alkyl halides is 3. The number of hydrogen-bond acceptors (Lipinski definition) is 3. The van der Waals surface area contributed by atoms with E-state index in [9.17, 15) is 18.0 Å². The van der Waals surface area contributed by atoms with Crippen LogP contribution in [-0.2, 0) is 11.0 Å². The van der Waals surface area contributed by atoms with Gasteiger partial charge < -0.3 is 9.64 Å². The number of methoxy groups -OCH3 is 1. The standard InChI is InChI=1S/C34H45F3N2O2/c1-33(2,3)39-21-30(24-10-13-27(41-4)14-11-24)31(22-39)32(40)38-18-16-25(17-19-38)28-15-12-26(34(35,36)37)20-29(28)23-8-6-5-7-9-23/h10-15,20,23,25,30-31H,5-9,16-19,21-22H2,1-4H3/t30-,31?/m0/s1. The lowest BCUT2D eigenvalue weighted by Crippen LogP contribution is -2.44. The van der Waals surface area contributed by atoms with Crippen molar-refractivity contribution in [2.24, 2.45) is 5.92 Å². The number of benzene rings is 2. The van der Waals surface area contributed by atoms with E-state index in [0.29, 0.717) is 13.1 Å². The van der Waals surface area contributed by atoms with Gasteiger partial charge in [0.05, 0.1) is 18.6 Å². The molecule has 0 aromatic heterocycles. The number of nitrogens with zero attached hydrogens (tertiary/aromatic N) is 2. The van der Waals surface area contributed by atoms with Crippen LogP contribution >= 0.6 is 0 Å². The fraction of sp³-hybridized carbons (Fsp3) is 0.618. The van der Waals surface area contributed by atoms with Crippen molar-refractivity contribution in [2.45, 2.75) is 95.2 Å². The Balaban J connectivity index is 1.32.